The number of amides is 1. The third kappa shape index (κ3) is 1.81. The molecule has 3 heterocycles. The van der Waals surface area contributed by atoms with E-state index in [1.165, 1.54) is 12.3 Å². The third-order valence-corrected chi connectivity index (χ3v) is 3.88. The highest BCUT2D eigenvalue weighted by Crippen LogP contribution is 2.30. The van der Waals surface area contributed by atoms with Crippen LogP contribution in [-0.2, 0) is 13.1 Å². The number of fused-ring (bicyclic) bond motifs is 2. The fourth-order valence-corrected chi connectivity index (χ4v) is 2.86. The van der Waals surface area contributed by atoms with E-state index in [1.54, 1.807) is 10.7 Å². The van der Waals surface area contributed by atoms with Crippen molar-refractivity contribution in [3.8, 4) is 11.3 Å². The highest BCUT2D eigenvalue weighted by atomic mass is 19.1. The van der Waals surface area contributed by atoms with Crippen molar-refractivity contribution in [1.82, 2.24) is 25.3 Å². The van der Waals surface area contributed by atoms with Crippen LogP contribution in [0.1, 0.15) is 16.1 Å². The van der Waals surface area contributed by atoms with Gasteiger partial charge in [0.1, 0.15) is 11.5 Å². The number of aromatic amines is 1. The number of rotatable bonds is 2. The van der Waals surface area contributed by atoms with Gasteiger partial charge in [-0.1, -0.05) is 0 Å². The van der Waals surface area contributed by atoms with Crippen LogP contribution >= 0.6 is 0 Å². The minimum absolute atomic E-state index is 0.338. The number of benzene rings is 1. The van der Waals surface area contributed by atoms with Crippen LogP contribution in [-0.4, -0.2) is 32.4 Å². The molecule has 2 aromatic heterocycles. The molecule has 112 valence electrons. The van der Waals surface area contributed by atoms with Crippen molar-refractivity contribution in [2.24, 2.45) is 5.73 Å². The van der Waals surface area contributed by atoms with Crippen LogP contribution in [0.5, 0.6) is 0 Å². The quantitative estimate of drug-likeness (QED) is 0.650. The Balaban J connectivity index is 1.97. The lowest BCUT2D eigenvalue weighted by molar-refractivity contribution is 0.0999. The molecular weight excluding hydrogens is 287 g/mol. The maximum atomic E-state index is 14.2. The second kappa shape index (κ2) is 4.63. The Bertz CT molecular complexity index is 896. The lowest BCUT2D eigenvalue weighted by Gasteiger charge is -2.15. The first kappa shape index (κ1) is 13.0. The Hall–Kier alpha value is -2.74. The van der Waals surface area contributed by atoms with Crippen molar-refractivity contribution in [2.75, 3.05) is 6.54 Å². The molecule has 0 unspecified atom stereocenters. The summed E-state index contributed by atoms with van der Waals surface area (Å²) in [5, 5.41) is 14.6. The molecular formula is C14H13FN6O. The van der Waals surface area contributed by atoms with E-state index in [0.29, 0.717) is 40.8 Å². The fraction of sp³-hybridized carbons (Fsp3) is 0.214. The molecule has 1 aromatic carbocycles. The summed E-state index contributed by atoms with van der Waals surface area (Å²) in [7, 11) is 0. The van der Waals surface area contributed by atoms with Crippen LogP contribution in [0.4, 0.5) is 4.39 Å². The first-order valence-electron chi connectivity index (χ1n) is 6.88. The average Bonchev–Trinajstić information content (AvgIpc) is 3.11. The first-order valence-corrected chi connectivity index (χ1v) is 6.88. The molecule has 0 saturated heterocycles. The summed E-state index contributed by atoms with van der Waals surface area (Å²) in [5.41, 5.74) is 8.05. The first-order chi connectivity index (χ1) is 10.6. The maximum Gasteiger partial charge on any atom is 0.252 e. The van der Waals surface area contributed by atoms with Gasteiger partial charge in [0.25, 0.3) is 5.91 Å². The number of carbonyl (C=O) groups excluding carboxylic acids is 1. The van der Waals surface area contributed by atoms with E-state index in [1.807, 2.05) is 0 Å². The summed E-state index contributed by atoms with van der Waals surface area (Å²) >= 11 is 0. The van der Waals surface area contributed by atoms with Gasteiger partial charge in [0, 0.05) is 18.7 Å². The number of primary amides is 1. The highest BCUT2D eigenvalue weighted by molar-refractivity contribution is 6.01. The van der Waals surface area contributed by atoms with Gasteiger partial charge in [-0.15, -0.1) is 0 Å². The Kier molecular flexibility index (Phi) is 2.73. The fourth-order valence-electron chi connectivity index (χ4n) is 2.86. The Morgan fingerprint density at radius 3 is 3.09 bits per heavy atom. The van der Waals surface area contributed by atoms with Crippen molar-refractivity contribution in [2.45, 2.75) is 13.1 Å². The minimum Gasteiger partial charge on any atom is -0.365 e. The van der Waals surface area contributed by atoms with E-state index >= 15 is 0 Å². The van der Waals surface area contributed by atoms with Crippen LogP contribution in [0.2, 0.25) is 0 Å². The molecule has 22 heavy (non-hydrogen) atoms. The second-order valence-corrected chi connectivity index (χ2v) is 5.22. The Morgan fingerprint density at radius 2 is 2.27 bits per heavy atom. The molecule has 7 nitrogen and oxygen atoms in total. The van der Waals surface area contributed by atoms with Crippen LogP contribution in [0.25, 0.3) is 22.2 Å². The van der Waals surface area contributed by atoms with Gasteiger partial charge in [0.15, 0.2) is 0 Å². The van der Waals surface area contributed by atoms with Crippen molar-refractivity contribution in [3.05, 3.63) is 35.4 Å². The Labute approximate surface area is 124 Å². The monoisotopic (exact) mass is 300 g/mol. The van der Waals surface area contributed by atoms with Gasteiger partial charge in [0.2, 0.25) is 0 Å². The number of nitrogens with zero attached hydrogens (tertiary/aromatic N) is 3. The molecule has 0 atom stereocenters. The van der Waals surface area contributed by atoms with Crippen molar-refractivity contribution >= 4 is 16.8 Å². The lowest BCUT2D eigenvalue weighted by atomic mass is 10.0. The predicted molar refractivity (Wildman–Crippen MR) is 77.5 cm³/mol. The van der Waals surface area contributed by atoms with Gasteiger partial charge in [-0.25, -0.2) is 4.39 Å². The SMILES string of the molecule is NC(=O)c1c(-c2cc(F)c3cn[nH]c3c2)nn2c1CNCC2. The molecule has 3 aromatic rings. The summed E-state index contributed by atoms with van der Waals surface area (Å²) < 4.78 is 15.9. The van der Waals surface area contributed by atoms with E-state index < -0.39 is 11.7 Å². The zero-order chi connectivity index (χ0) is 15.3. The predicted octanol–water partition coefficient (Wildman–Crippen LogP) is 0.768. The lowest BCUT2D eigenvalue weighted by Crippen LogP contribution is -2.30. The third-order valence-electron chi connectivity index (χ3n) is 3.88. The summed E-state index contributed by atoms with van der Waals surface area (Å²) in [5.74, 6) is -0.981. The minimum atomic E-state index is -0.565. The number of halogens is 1. The van der Waals surface area contributed by atoms with Gasteiger partial charge in [-0.3, -0.25) is 14.6 Å². The molecule has 0 fully saturated rings. The molecule has 0 spiro atoms. The van der Waals surface area contributed by atoms with E-state index in [9.17, 15) is 9.18 Å². The largest absolute Gasteiger partial charge is 0.365 e. The van der Waals surface area contributed by atoms with Crippen molar-refractivity contribution in [3.63, 3.8) is 0 Å². The van der Waals surface area contributed by atoms with E-state index in [-0.39, 0.29) is 0 Å². The van der Waals surface area contributed by atoms with Crippen molar-refractivity contribution < 1.29 is 9.18 Å². The molecule has 0 aliphatic carbocycles. The van der Waals surface area contributed by atoms with E-state index in [2.05, 4.69) is 20.6 Å². The van der Waals surface area contributed by atoms with Crippen LogP contribution in [0, 0.1) is 5.82 Å². The number of nitrogens with one attached hydrogen (secondary N) is 2. The van der Waals surface area contributed by atoms with Gasteiger partial charge >= 0.3 is 0 Å². The van der Waals surface area contributed by atoms with Gasteiger partial charge in [-0.05, 0) is 12.1 Å². The summed E-state index contributed by atoms with van der Waals surface area (Å²) in [6, 6.07) is 3.08. The zero-order valence-electron chi connectivity index (χ0n) is 11.6. The highest BCUT2D eigenvalue weighted by Gasteiger charge is 2.25. The smallest absolute Gasteiger partial charge is 0.252 e. The number of carbonyl (C=O) groups is 1. The summed E-state index contributed by atoms with van der Waals surface area (Å²) in [6.07, 6.45) is 1.42. The number of H-pyrrole nitrogens is 1. The second-order valence-electron chi connectivity index (χ2n) is 5.22. The molecule has 1 aliphatic heterocycles. The van der Waals surface area contributed by atoms with Gasteiger partial charge in [-0.2, -0.15) is 10.2 Å². The molecule has 0 saturated carbocycles. The standard InChI is InChI=1S/C14H13FN6O/c15-9-3-7(4-10-8(9)5-18-19-10)13-12(14(16)22)11-6-17-1-2-21(11)20-13/h3-5,17H,1-2,6H2,(H2,16,22)(H,18,19). The molecule has 4 rings (SSSR count). The summed E-state index contributed by atoms with van der Waals surface area (Å²) in [6.45, 7) is 1.92. The molecule has 0 bridgehead atoms. The van der Waals surface area contributed by atoms with Crippen LogP contribution < -0.4 is 11.1 Å². The number of aromatic nitrogens is 4. The zero-order valence-corrected chi connectivity index (χ0v) is 11.6. The van der Waals surface area contributed by atoms with Crippen molar-refractivity contribution in [1.29, 1.82) is 0 Å². The van der Waals surface area contributed by atoms with Crippen LogP contribution in [0.3, 0.4) is 0 Å². The molecule has 1 aliphatic rings. The molecule has 1 amide bonds. The van der Waals surface area contributed by atoms with E-state index in [4.69, 9.17) is 5.73 Å². The number of nitrogens with two attached hydrogens (primary N) is 1. The van der Waals surface area contributed by atoms with Gasteiger partial charge in [0.05, 0.1) is 34.9 Å². The number of hydrogen-bond acceptors (Lipinski definition) is 4. The summed E-state index contributed by atoms with van der Waals surface area (Å²) in [4.78, 5) is 11.9. The normalized spacial score (nSPS) is 14.2. The topological polar surface area (TPSA) is 102 Å². The maximum absolute atomic E-state index is 14.2. The Morgan fingerprint density at radius 1 is 1.41 bits per heavy atom. The molecule has 0 radical (unpaired) electrons. The van der Waals surface area contributed by atoms with E-state index in [0.717, 1.165) is 12.2 Å². The van der Waals surface area contributed by atoms with Crippen LogP contribution in [0.15, 0.2) is 18.3 Å². The molecule has 4 N–H and O–H groups in total. The average molecular weight is 300 g/mol. The number of hydrogen-bond donors (Lipinski definition) is 3. The molecule has 8 heteroatoms. The van der Waals surface area contributed by atoms with Gasteiger partial charge < -0.3 is 11.1 Å².